The molecule has 1 aromatic rings. The van der Waals surface area contributed by atoms with Crippen molar-refractivity contribution in [3.8, 4) is 0 Å². The number of hydrogen-bond donors (Lipinski definition) is 0. The maximum Gasteiger partial charge on any atom is 0.407 e. The van der Waals surface area contributed by atoms with Gasteiger partial charge in [-0.3, -0.25) is 4.79 Å². The molecular formula is C9H5BrF6OS. The van der Waals surface area contributed by atoms with Gasteiger partial charge in [-0.2, -0.15) is 26.3 Å². The van der Waals surface area contributed by atoms with Gasteiger partial charge in [0.2, 0.25) is 5.92 Å². The molecule has 0 aromatic carbocycles. The van der Waals surface area contributed by atoms with E-state index >= 15 is 0 Å². The topological polar surface area (TPSA) is 17.1 Å². The minimum absolute atomic E-state index is 0.0616. The number of aryl methyl sites for hydroxylation is 1. The van der Waals surface area contributed by atoms with E-state index in [2.05, 4.69) is 15.9 Å². The van der Waals surface area contributed by atoms with Crippen LogP contribution >= 0.6 is 27.3 Å². The normalized spacial score (nSPS) is 13.2. The molecule has 1 rings (SSSR count). The largest absolute Gasteiger partial charge is 0.407 e. The lowest BCUT2D eigenvalue weighted by atomic mass is 10.0. The Balaban J connectivity index is 3.24. The Morgan fingerprint density at radius 1 is 1.22 bits per heavy atom. The molecule has 0 fully saturated rings. The molecule has 1 aromatic heterocycles. The summed E-state index contributed by atoms with van der Waals surface area (Å²) in [5.41, 5.74) is 0. The highest BCUT2D eigenvalue weighted by atomic mass is 79.9. The molecule has 102 valence electrons. The van der Waals surface area contributed by atoms with Crippen LogP contribution in [0.1, 0.15) is 14.5 Å². The van der Waals surface area contributed by atoms with Crippen molar-refractivity contribution in [1.82, 2.24) is 0 Å². The van der Waals surface area contributed by atoms with E-state index in [-0.39, 0.29) is 4.47 Å². The number of Topliss-reactive ketones (excluding diaryl/α,β-unsaturated/α-hetero) is 1. The van der Waals surface area contributed by atoms with Gasteiger partial charge in [0, 0.05) is 9.35 Å². The van der Waals surface area contributed by atoms with E-state index in [9.17, 15) is 31.1 Å². The third kappa shape index (κ3) is 3.25. The van der Waals surface area contributed by atoms with Crippen LogP contribution in [0.25, 0.3) is 0 Å². The van der Waals surface area contributed by atoms with Crippen LogP contribution < -0.4 is 0 Å². The fourth-order valence-corrected chi connectivity index (χ4v) is 3.07. The lowest BCUT2D eigenvalue weighted by Gasteiger charge is -2.21. The number of carbonyl (C=O) groups excluding carboxylic acids is 1. The summed E-state index contributed by atoms with van der Waals surface area (Å²) in [6, 6.07) is 1.29. The zero-order valence-electron chi connectivity index (χ0n) is 8.62. The summed E-state index contributed by atoms with van der Waals surface area (Å²) in [4.78, 5) is 11.3. The summed E-state index contributed by atoms with van der Waals surface area (Å²) < 4.78 is 74.0. The Morgan fingerprint density at radius 3 is 1.94 bits per heavy atom. The van der Waals surface area contributed by atoms with E-state index < -0.39 is 28.9 Å². The quantitative estimate of drug-likeness (QED) is 0.553. The molecule has 0 spiro atoms. The Kier molecular flexibility index (Phi) is 4.16. The average Bonchev–Trinajstić information content (AvgIpc) is 2.39. The first-order valence-corrected chi connectivity index (χ1v) is 5.99. The second-order valence-electron chi connectivity index (χ2n) is 3.41. The van der Waals surface area contributed by atoms with Crippen molar-refractivity contribution < 1.29 is 31.1 Å². The van der Waals surface area contributed by atoms with Gasteiger partial charge in [-0.15, -0.1) is 11.3 Å². The number of alkyl halides is 6. The van der Waals surface area contributed by atoms with Gasteiger partial charge in [0.1, 0.15) is 0 Å². The maximum atomic E-state index is 12.3. The molecule has 1 heterocycles. The number of ketones is 1. The molecule has 0 aliphatic rings. The van der Waals surface area contributed by atoms with E-state index in [1.807, 2.05) is 0 Å². The molecule has 9 heteroatoms. The number of thiophene rings is 1. The van der Waals surface area contributed by atoms with Crippen molar-refractivity contribution in [2.45, 2.75) is 19.3 Å². The minimum atomic E-state index is -5.66. The van der Waals surface area contributed by atoms with Crippen molar-refractivity contribution in [2.24, 2.45) is 5.92 Å². The van der Waals surface area contributed by atoms with Gasteiger partial charge in [-0.05, 0) is 28.9 Å². The van der Waals surface area contributed by atoms with Crippen molar-refractivity contribution >= 4 is 33.0 Å². The average molecular weight is 355 g/mol. The molecule has 0 saturated carbocycles. The van der Waals surface area contributed by atoms with Gasteiger partial charge in [0.15, 0.2) is 5.78 Å². The third-order valence-electron chi connectivity index (χ3n) is 1.95. The molecule has 0 saturated heterocycles. The summed E-state index contributed by atoms with van der Waals surface area (Å²) in [7, 11) is 0. The first-order chi connectivity index (χ1) is 7.94. The SMILES string of the molecule is Cc1cc(Br)c(C(=O)C(C(F)(F)F)C(F)(F)F)s1. The molecule has 0 atom stereocenters. The van der Waals surface area contributed by atoms with Crippen LogP contribution in [0.5, 0.6) is 0 Å². The van der Waals surface area contributed by atoms with E-state index in [4.69, 9.17) is 0 Å². The van der Waals surface area contributed by atoms with Crippen LogP contribution in [0.2, 0.25) is 0 Å². The van der Waals surface area contributed by atoms with E-state index in [1.165, 1.54) is 13.0 Å². The van der Waals surface area contributed by atoms with Gasteiger partial charge < -0.3 is 0 Å². The molecular weight excluding hydrogens is 350 g/mol. The monoisotopic (exact) mass is 354 g/mol. The lowest BCUT2D eigenvalue weighted by molar-refractivity contribution is -0.264. The molecule has 0 N–H and O–H groups in total. The van der Waals surface area contributed by atoms with Gasteiger partial charge in [-0.25, -0.2) is 0 Å². The second kappa shape index (κ2) is 4.84. The van der Waals surface area contributed by atoms with E-state index in [0.717, 1.165) is 0 Å². The molecule has 0 radical (unpaired) electrons. The van der Waals surface area contributed by atoms with Crippen LogP contribution in [-0.2, 0) is 0 Å². The first-order valence-electron chi connectivity index (χ1n) is 4.38. The summed E-state index contributed by atoms with van der Waals surface area (Å²) >= 11 is 3.36. The number of rotatable bonds is 2. The molecule has 0 aliphatic heterocycles. The predicted molar refractivity (Wildman–Crippen MR) is 56.7 cm³/mol. The molecule has 0 unspecified atom stereocenters. The van der Waals surface area contributed by atoms with Gasteiger partial charge in [0.05, 0.1) is 4.88 Å². The Bertz CT molecular complexity index is 447. The molecule has 18 heavy (non-hydrogen) atoms. The number of halogens is 7. The van der Waals surface area contributed by atoms with Gasteiger partial charge >= 0.3 is 12.4 Å². The van der Waals surface area contributed by atoms with Crippen LogP contribution in [-0.4, -0.2) is 18.1 Å². The van der Waals surface area contributed by atoms with Crippen LogP contribution in [0.3, 0.4) is 0 Å². The summed E-state index contributed by atoms with van der Waals surface area (Å²) in [5.74, 6) is -5.97. The summed E-state index contributed by atoms with van der Waals surface area (Å²) in [6.45, 7) is 1.47. The highest BCUT2D eigenvalue weighted by Gasteiger charge is 2.61. The van der Waals surface area contributed by atoms with Crippen molar-refractivity contribution in [3.05, 3.63) is 20.3 Å². The third-order valence-corrected chi connectivity index (χ3v) is 3.90. The highest BCUT2D eigenvalue weighted by Crippen LogP contribution is 2.43. The van der Waals surface area contributed by atoms with Crippen LogP contribution in [0.15, 0.2) is 10.5 Å². The number of carbonyl (C=O) groups is 1. The number of hydrogen-bond acceptors (Lipinski definition) is 2. The fraction of sp³-hybridized carbons (Fsp3) is 0.444. The van der Waals surface area contributed by atoms with Crippen molar-refractivity contribution in [3.63, 3.8) is 0 Å². The molecule has 0 bridgehead atoms. The Labute approximate surface area is 110 Å². The minimum Gasteiger partial charge on any atom is -0.292 e. The summed E-state index contributed by atoms with van der Waals surface area (Å²) in [5, 5.41) is 0. The highest BCUT2D eigenvalue weighted by molar-refractivity contribution is 9.10. The molecule has 0 aliphatic carbocycles. The first kappa shape index (κ1) is 15.5. The van der Waals surface area contributed by atoms with Crippen LogP contribution in [0.4, 0.5) is 26.3 Å². The fourth-order valence-electron chi connectivity index (χ4n) is 1.27. The van der Waals surface area contributed by atoms with Crippen LogP contribution in [0, 0.1) is 12.8 Å². The smallest absolute Gasteiger partial charge is 0.292 e. The maximum absolute atomic E-state index is 12.3. The van der Waals surface area contributed by atoms with Crippen molar-refractivity contribution in [1.29, 1.82) is 0 Å². The predicted octanol–water partition coefficient (Wildman–Crippen LogP) is 4.74. The van der Waals surface area contributed by atoms with E-state index in [0.29, 0.717) is 16.2 Å². The van der Waals surface area contributed by atoms with Crippen molar-refractivity contribution in [2.75, 3.05) is 0 Å². The van der Waals surface area contributed by atoms with Gasteiger partial charge in [-0.1, -0.05) is 0 Å². The Morgan fingerprint density at radius 2 is 1.67 bits per heavy atom. The summed E-state index contributed by atoms with van der Waals surface area (Å²) in [6.07, 6.45) is -11.3. The molecule has 1 nitrogen and oxygen atoms in total. The second-order valence-corrected chi connectivity index (χ2v) is 5.53. The Hall–Kier alpha value is -0.570. The van der Waals surface area contributed by atoms with E-state index in [1.54, 1.807) is 0 Å². The molecule has 0 amide bonds. The van der Waals surface area contributed by atoms with Gasteiger partial charge in [0.25, 0.3) is 0 Å². The zero-order valence-corrected chi connectivity index (χ0v) is 11.0. The lowest BCUT2D eigenvalue weighted by Crippen LogP contribution is -2.42. The zero-order chi connectivity index (χ0) is 14.3. The standard InChI is InChI=1S/C9H5BrF6OS/c1-3-2-4(10)6(18-3)5(17)7(8(11,12)13)9(14,15)16/h2,7H,1H3.